The van der Waals surface area contributed by atoms with Crippen LogP contribution in [-0.4, -0.2) is 0 Å². The van der Waals surface area contributed by atoms with Crippen LogP contribution in [0.25, 0.3) is 0 Å². The van der Waals surface area contributed by atoms with E-state index in [1.807, 2.05) is 36.4 Å². The highest BCUT2D eigenvalue weighted by molar-refractivity contribution is 14.1. The standard InChI is InChI=1S/C12H6Cl4S.C6H3Cl2I.C6H4Cl2S/c13-7-1-8(14)4-11(3-7)17-12-5-9(15)2-10(16)6-12;2*7-4-1-5(8)3-6(9)2-4/h1-6H;1-3H;1-3,9H. The van der Waals surface area contributed by atoms with Crippen LogP contribution in [0.15, 0.2) is 87.5 Å². The molecule has 0 bridgehead atoms. The van der Waals surface area contributed by atoms with Gasteiger partial charge in [-0.25, -0.2) is 0 Å². The molecule has 0 unspecified atom stereocenters. The Morgan fingerprint density at radius 3 is 0.943 bits per heavy atom. The van der Waals surface area contributed by atoms with Gasteiger partial charge in [0, 0.05) is 58.4 Å². The quantitative estimate of drug-likeness (QED) is 0.156. The second-order valence-corrected chi connectivity index (χ2v) is 12.9. The van der Waals surface area contributed by atoms with E-state index in [-0.39, 0.29) is 0 Å². The van der Waals surface area contributed by atoms with E-state index < -0.39 is 0 Å². The molecule has 0 spiro atoms. The molecule has 4 rings (SSSR count). The second-order valence-electron chi connectivity index (χ2n) is 6.53. The normalized spacial score (nSPS) is 10.1. The van der Waals surface area contributed by atoms with Crippen LogP contribution in [0.2, 0.25) is 40.2 Å². The molecule has 0 heterocycles. The van der Waals surface area contributed by atoms with Crippen LogP contribution in [0.1, 0.15) is 0 Å². The Morgan fingerprint density at radius 1 is 0.429 bits per heavy atom. The molecule has 0 N–H and O–H groups in total. The fraction of sp³-hybridized carbons (Fsp3) is 0. The molecular formula is C24H13Cl8IS2. The van der Waals surface area contributed by atoms with Crippen molar-refractivity contribution in [2.24, 2.45) is 0 Å². The van der Waals surface area contributed by atoms with E-state index in [0.717, 1.165) is 18.3 Å². The molecule has 184 valence electrons. The Morgan fingerprint density at radius 2 is 0.686 bits per heavy atom. The first-order valence-corrected chi connectivity index (χ1v) is 14.6. The topological polar surface area (TPSA) is 0 Å². The first-order valence-electron chi connectivity index (χ1n) is 9.26. The van der Waals surface area contributed by atoms with E-state index in [2.05, 4.69) is 35.2 Å². The van der Waals surface area contributed by atoms with Gasteiger partial charge in [-0.1, -0.05) is 105 Å². The second kappa shape index (κ2) is 15.9. The van der Waals surface area contributed by atoms with Crippen molar-refractivity contribution in [1.29, 1.82) is 0 Å². The van der Waals surface area contributed by atoms with Gasteiger partial charge in [0.1, 0.15) is 0 Å². The van der Waals surface area contributed by atoms with E-state index in [1.54, 1.807) is 36.4 Å². The Hall–Kier alpha value is 0.630. The van der Waals surface area contributed by atoms with Gasteiger partial charge in [-0.15, -0.1) is 12.6 Å². The molecule has 0 aliphatic rings. The summed E-state index contributed by atoms with van der Waals surface area (Å²) in [4.78, 5) is 2.68. The lowest BCUT2D eigenvalue weighted by Gasteiger charge is -2.04. The van der Waals surface area contributed by atoms with Crippen molar-refractivity contribution in [3.05, 3.63) is 117 Å². The molecule has 0 atom stereocenters. The van der Waals surface area contributed by atoms with Crippen molar-refractivity contribution in [2.75, 3.05) is 0 Å². The number of rotatable bonds is 2. The van der Waals surface area contributed by atoms with Gasteiger partial charge in [-0.05, 0) is 95.4 Å². The maximum Gasteiger partial charge on any atom is 0.0432 e. The van der Waals surface area contributed by atoms with Crippen LogP contribution < -0.4 is 0 Å². The molecule has 0 saturated heterocycles. The highest BCUT2D eigenvalue weighted by Gasteiger charge is 2.03. The Balaban J connectivity index is 0.000000203. The van der Waals surface area contributed by atoms with Crippen molar-refractivity contribution in [2.45, 2.75) is 14.7 Å². The summed E-state index contributed by atoms with van der Waals surface area (Å²) in [6, 6.07) is 21.3. The Bertz CT molecular complexity index is 1060. The highest BCUT2D eigenvalue weighted by Crippen LogP contribution is 2.34. The lowest BCUT2D eigenvalue weighted by Crippen LogP contribution is -1.76. The van der Waals surface area contributed by atoms with E-state index in [0.29, 0.717) is 40.2 Å². The molecule has 0 nitrogen and oxygen atoms in total. The minimum atomic E-state index is 0.605. The largest absolute Gasteiger partial charge is 0.143 e. The minimum absolute atomic E-state index is 0.605. The molecule has 35 heavy (non-hydrogen) atoms. The van der Waals surface area contributed by atoms with Crippen molar-refractivity contribution in [3.63, 3.8) is 0 Å². The zero-order valence-electron chi connectivity index (χ0n) is 17.2. The van der Waals surface area contributed by atoms with Gasteiger partial charge in [-0.3, -0.25) is 0 Å². The minimum Gasteiger partial charge on any atom is -0.143 e. The average molecular weight is 776 g/mol. The number of benzene rings is 4. The van der Waals surface area contributed by atoms with Gasteiger partial charge in [0.15, 0.2) is 0 Å². The first kappa shape index (κ1) is 31.8. The van der Waals surface area contributed by atoms with Crippen LogP contribution in [0.5, 0.6) is 0 Å². The van der Waals surface area contributed by atoms with Gasteiger partial charge in [0.25, 0.3) is 0 Å². The number of hydrogen-bond acceptors (Lipinski definition) is 2. The van der Waals surface area contributed by atoms with Crippen LogP contribution in [0, 0.1) is 3.57 Å². The van der Waals surface area contributed by atoms with Gasteiger partial charge in [0.05, 0.1) is 0 Å². The highest BCUT2D eigenvalue weighted by atomic mass is 127. The molecule has 0 aliphatic carbocycles. The van der Waals surface area contributed by atoms with Gasteiger partial charge in [-0.2, -0.15) is 0 Å². The van der Waals surface area contributed by atoms with Crippen molar-refractivity contribution >= 4 is 140 Å². The zero-order chi connectivity index (χ0) is 26.1. The number of hydrogen-bond donors (Lipinski definition) is 1. The van der Waals surface area contributed by atoms with Crippen LogP contribution in [-0.2, 0) is 0 Å². The third-order valence-corrected chi connectivity index (χ3v) is 7.15. The summed E-state index contributed by atoms with van der Waals surface area (Å²) in [7, 11) is 0. The summed E-state index contributed by atoms with van der Waals surface area (Å²) in [6.07, 6.45) is 0. The number of thiol groups is 1. The molecule has 0 saturated carbocycles. The fourth-order valence-corrected chi connectivity index (χ4v) is 7.22. The Kier molecular flexibility index (Phi) is 14.5. The zero-order valence-corrected chi connectivity index (χ0v) is 27.1. The summed E-state index contributed by atoms with van der Waals surface area (Å²) in [5.41, 5.74) is 0. The molecule has 0 aromatic heterocycles. The van der Waals surface area contributed by atoms with E-state index in [1.165, 1.54) is 11.8 Å². The molecule has 4 aromatic carbocycles. The third kappa shape index (κ3) is 13.3. The molecule has 0 radical (unpaired) electrons. The maximum absolute atomic E-state index is 5.93. The summed E-state index contributed by atoms with van der Waals surface area (Å²) < 4.78 is 1.06. The van der Waals surface area contributed by atoms with Crippen molar-refractivity contribution in [1.82, 2.24) is 0 Å². The lowest BCUT2D eigenvalue weighted by atomic mass is 10.3. The molecule has 0 amide bonds. The van der Waals surface area contributed by atoms with Crippen LogP contribution in [0.3, 0.4) is 0 Å². The van der Waals surface area contributed by atoms with Crippen molar-refractivity contribution in [3.8, 4) is 0 Å². The smallest absolute Gasteiger partial charge is 0.0432 e. The van der Waals surface area contributed by atoms with Crippen LogP contribution in [0.4, 0.5) is 0 Å². The average Bonchev–Trinajstić information content (AvgIpc) is 2.65. The molecule has 0 aliphatic heterocycles. The van der Waals surface area contributed by atoms with Gasteiger partial charge >= 0.3 is 0 Å². The van der Waals surface area contributed by atoms with Crippen molar-refractivity contribution < 1.29 is 0 Å². The van der Waals surface area contributed by atoms with Gasteiger partial charge in [0.2, 0.25) is 0 Å². The summed E-state index contributed by atoms with van der Waals surface area (Å²) in [5.74, 6) is 0. The fourth-order valence-electron chi connectivity index (χ4n) is 2.37. The van der Waals surface area contributed by atoms with E-state index in [9.17, 15) is 0 Å². The van der Waals surface area contributed by atoms with Gasteiger partial charge < -0.3 is 0 Å². The predicted molar refractivity (Wildman–Crippen MR) is 170 cm³/mol. The van der Waals surface area contributed by atoms with E-state index in [4.69, 9.17) is 92.8 Å². The lowest BCUT2D eigenvalue weighted by molar-refractivity contribution is 1.41. The monoisotopic (exact) mass is 772 g/mol. The summed E-state index contributed by atoms with van der Waals surface area (Å²) in [5, 5.41) is 5.03. The Labute approximate surface area is 268 Å². The molecule has 11 heteroatoms. The molecule has 0 fully saturated rings. The number of halogens is 9. The summed E-state index contributed by atoms with van der Waals surface area (Å²) in [6.45, 7) is 0. The third-order valence-electron chi connectivity index (χ3n) is 3.58. The SMILES string of the molecule is Clc1cc(Cl)cc(I)c1.Clc1cc(Cl)cc(Sc2cc(Cl)cc(Cl)c2)c1.Sc1cc(Cl)cc(Cl)c1. The maximum atomic E-state index is 5.93. The summed E-state index contributed by atoms with van der Waals surface area (Å²) >= 11 is 54.0. The molecular weight excluding hydrogens is 763 g/mol. The molecule has 4 aromatic rings. The van der Waals surface area contributed by atoms with E-state index >= 15 is 0 Å². The van der Waals surface area contributed by atoms with Crippen LogP contribution >= 0.6 is 140 Å². The first-order chi connectivity index (χ1) is 16.4. The predicted octanol–water partition coefficient (Wildman–Crippen LogP) is 13.3.